The lowest BCUT2D eigenvalue weighted by Gasteiger charge is -2.70. The number of hydrogen-bond donors (Lipinski definition) is 1. The van der Waals surface area contributed by atoms with Gasteiger partial charge in [-0.05, 0) is 56.9 Å². The Labute approximate surface area is 245 Å². The molecule has 4 aliphatic rings. The van der Waals surface area contributed by atoms with Crippen molar-refractivity contribution >= 4 is 17.9 Å². The Balaban J connectivity index is 1.47. The number of carbonyl (C=O) groups is 3. The standard InChI is InChI=1S/C33H37NO8/c1-20-10-8-14-23-30(20,2)27(41-28(37)21-11-6-5-7-12-21)26(36)32(4)31(23,3)24(16-33(42-32)17-25(35)39-19-33)40-29(38)22-13-9-15-34-18-22/h5-7,9-13,15,18,23-24,26-27,36H,8,14,16-17,19H2,1-4H3/t23-,24-,26-,27-,30-,31-,32-,33-/m0/s1. The lowest BCUT2D eigenvalue weighted by molar-refractivity contribution is -0.361. The summed E-state index contributed by atoms with van der Waals surface area (Å²) in [6.07, 6.45) is 3.73. The fourth-order valence-corrected chi connectivity index (χ4v) is 8.21. The number of nitrogens with zero attached hydrogens (tertiary/aromatic N) is 1. The molecule has 8 atom stereocenters. The van der Waals surface area contributed by atoms with Crippen LogP contribution in [0.2, 0.25) is 0 Å². The molecule has 1 saturated carbocycles. The van der Waals surface area contributed by atoms with Crippen LogP contribution in [0.4, 0.5) is 0 Å². The summed E-state index contributed by atoms with van der Waals surface area (Å²) in [5.74, 6) is -1.73. The Hall–Kier alpha value is -3.56. The molecule has 3 fully saturated rings. The van der Waals surface area contributed by atoms with Crippen LogP contribution in [0, 0.1) is 16.7 Å². The molecule has 2 saturated heterocycles. The molecule has 0 radical (unpaired) electrons. The maximum absolute atomic E-state index is 13.5. The number of cyclic esters (lactones) is 1. The lowest BCUT2D eigenvalue weighted by Crippen LogP contribution is -2.79. The average molecular weight is 576 g/mol. The SMILES string of the molecule is CC1=CCC[C@H]2[C@@]1(C)[C@@H](OC(=O)c1ccccc1)[C@H](O)[C@]1(C)O[C@@]3(COC(=O)C3)C[C@H](OC(=O)c3cccnc3)[C@]21C. The van der Waals surface area contributed by atoms with E-state index in [0.717, 1.165) is 12.0 Å². The molecule has 222 valence electrons. The number of pyridine rings is 1. The average Bonchev–Trinajstić information content (AvgIpc) is 3.34. The summed E-state index contributed by atoms with van der Waals surface area (Å²) >= 11 is 0. The van der Waals surface area contributed by atoms with E-state index in [2.05, 4.69) is 11.1 Å². The van der Waals surface area contributed by atoms with Gasteiger partial charge in [0.15, 0.2) is 0 Å². The number of esters is 3. The molecule has 1 aromatic heterocycles. The van der Waals surface area contributed by atoms with E-state index in [9.17, 15) is 19.5 Å². The second kappa shape index (κ2) is 10.0. The highest BCUT2D eigenvalue weighted by molar-refractivity contribution is 5.90. The molecule has 0 unspecified atom stereocenters. The lowest BCUT2D eigenvalue weighted by atomic mass is 9.41. The minimum atomic E-state index is -1.39. The number of allylic oxidation sites excluding steroid dienone is 1. The van der Waals surface area contributed by atoms with Crippen molar-refractivity contribution < 1.29 is 38.4 Å². The van der Waals surface area contributed by atoms with E-state index in [1.54, 1.807) is 49.5 Å². The van der Waals surface area contributed by atoms with E-state index in [0.29, 0.717) is 17.5 Å². The molecular formula is C33H37NO8. The second-order valence-corrected chi connectivity index (χ2v) is 12.8. The number of ether oxygens (including phenoxy) is 4. The van der Waals surface area contributed by atoms with Crippen molar-refractivity contribution in [3.63, 3.8) is 0 Å². The van der Waals surface area contributed by atoms with Gasteiger partial charge in [0.2, 0.25) is 0 Å². The van der Waals surface area contributed by atoms with Gasteiger partial charge < -0.3 is 24.1 Å². The first-order valence-corrected chi connectivity index (χ1v) is 14.5. The Bertz CT molecular complexity index is 1430. The molecule has 0 amide bonds. The van der Waals surface area contributed by atoms with Crippen LogP contribution in [0.3, 0.4) is 0 Å². The van der Waals surface area contributed by atoms with Crippen LogP contribution >= 0.6 is 0 Å². The minimum absolute atomic E-state index is 0.0273. The monoisotopic (exact) mass is 575 g/mol. The fraction of sp³-hybridized carbons (Fsp3) is 0.515. The summed E-state index contributed by atoms with van der Waals surface area (Å²) in [6, 6.07) is 12.0. The molecule has 2 aliphatic heterocycles. The third kappa shape index (κ3) is 4.12. The molecule has 9 nitrogen and oxygen atoms in total. The zero-order valence-electron chi connectivity index (χ0n) is 24.4. The quantitative estimate of drug-likeness (QED) is 0.320. The highest BCUT2D eigenvalue weighted by Crippen LogP contribution is 2.68. The summed E-state index contributed by atoms with van der Waals surface area (Å²) in [6.45, 7) is 7.79. The number of hydrogen-bond acceptors (Lipinski definition) is 9. The van der Waals surface area contributed by atoms with Crippen molar-refractivity contribution in [2.75, 3.05) is 6.61 Å². The number of rotatable bonds is 4. The van der Waals surface area contributed by atoms with Gasteiger partial charge in [0.1, 0.15) is 36.1 Å². The third-order valence-corrected chi connectivity index (χ3v) is 10.7. The van der Waals surface area contributed by atoms with Crippen molar-refractivity contribution in [1.29, 1.82) is 0 Å². The largest absolute Gasteiger partial charge is 0.462 e. The van der Waals surface area contributed by atoms with Crippen LogP contribution in [-0.4, -0.2) is 64.1 Å². The van der Waals surface area contributed by atoms with E-state index < -0.39 is 58.3 Å². The molecule has 1 spiro atoms. The molecule has 42 heavy (non-hydrogen) atoms. The van der Waals surface area contributed by atoms with Gasteiger partial charge in [0.25, 0.3) is 0 Å². The summed E-state index contributed by atoms with van der Waals surface area (Å²) < 4.78 is 24.8. The smallest absolute Gasteiger partial charge is 0.339 e. The first kappa shape index (κ1) is 28.6. The van der Waals surface area contributed by atoms with Crippen molar-refractivity contribution in [3.8, 4) is 0 Å². The van der Waals surface area contributed by atoms with Gasteiger partial charge in [-0.3, -0.25) is 9.78 Å². The van der Waals surface area contributed by atoms with E-state index in [-0.39, 0.29) is 25.4 Å². The van der Waals surface area contributed by atoms with Crippen LogP contribution in [0.1, 0.15) is 74.1 Å². The minimum Gasteiger partial charge on any atom is -0.462 e. The zero-order chi connectivity index (χ0) is 29.9. The van der Waals surface area contributed by atoms with E-state index >= 15 is 0 Å². The van der Waals surface area contributed by atoms with E-state index in [4.69, 9.17) is 18.9 Å². The zero-order valence-corrected chi connectivity index (χ0v) is 24.4. The van der Waals surface area contributed by atoms with Crippen molar-refractivity contribution in [1.82, 2.24) is 4.98 Å². The second-order valence-electron chi connectivity index (χ2n) is 12.8. The van der Waals surface area contributed by atoms with Gasteiger partial charge in [-0.15, -0.1) is 0 Å². The summed E-state index contributed by atoms with van der Waals surface area (Å²) in [7, 11) is 0. The van der Waals surface area contributed by atoms with Gasteiger partial charge >= 0.3 is 17.9 Å². The van der Waals surface area contributed by atoms with Crippen LogP contribution in [0.25, 0.3) is 0 Å². The number of carbonyl (C=O) groups excluding carboxylic acids is 3. The highest BCUT2D eigenvalue weighted by Gasteiger charge is 2.76. The molecule has 3 heterocycles. The van der Waals surface area contributed by atoms with Crippen LogP contribution in [0.5, 0.6) is 0 Å². The molecule has 2 aliphatic carbocycles. The third-order valence-electron chi connectivity index (χ3n) is 10.7. The Morgan fingerprint density at radius 3 is 2.40 bits per heavy atom. The van der Waals surface area contributed by atoms with Crippen molar-refractivity contribution in [2.45, 2.75) is 82.9 Å². The van der Waals surface area contributed by atoms with Crippen molar-refractivity contribution in [3.05, 3.63) is 77.6 Å². The molecule has 2 aromatic rings. The molecule has 1 N–H and O–H groups in total. The predicted octanol–water partition coefficient (Wildman–Crippen LogP) is 4.44. The Morgan fingerprint density at radius 1 is 1.02 bits per heavy atom. The van der Waals surface area contributed by atoms with E-state index in [1.807, 2.05) is 26.8 Å². The van der Waals surface area contributed by atoms with Crippen LogP contribution < -0.4 is 0 Å². The van der Waals surface area contributed by atoms with Gasteiger partial charge in [0.05, 0.1) is 17.5 Å². The highest BCUT2D eigenvalue weighted by atomic mass is 16.6. The number of aliphatic hydroxyl groups is 1. The molecule has 1 aromatic carbocycles. The number of aliphatic hydroxyl groups excluding tert-OH is 1. The number of fused-ring (bicyclic) bond motifs is 3. The van der Waals surface area contributed by atoms with Gasteiger partial charge in [-0.2, -0.15) is 0 Å². The molecule has 0 bridgehead atoms. The molecule has 6 rings (SSSR count). The maximum atomic E-state index is 13.5. The summed E-state index contributed by atoms with van der Waals surface area (Å²) in [5, 5.41) is 12.4. The van der Waals surface area contributed by atoms with Crippen LogP contribution in [0.15, 0.2) is 66.5 Å². The summed E-state index contributed by atoms with van der Waals surface area (Å²) in [4.78, 5) is 43.5. The van der Waals surface area contributed by atoms with Gasteiger partial charge in [0, 0.05) is 29.6 Å². The van der Waals surface area contributed by atoms with E-state index in [1.165, 1.54) is 6.20 Å². The Morgan fingerprint density at radius 2 is 1.74 bits per heavy atom. The Kier molecular flexibility index (Phi) is 6.81. The maximum Gasteiger partial charge on any atom is 0.339 e. The topological polar surface area (TPSA) is 121 Å². The summed E-state index contributed by atoms with van der Waals surface area (Å²) in [5.41, 5.74) is -2.58. The predicted molar refractivity (Wildman–Crippen MR) is 150 cm³/mol. The number of benzene rings is 1. The number of aromatic nitrogens is 1. The van der Waals surface area contributed by atoms with Gasteiger partial charge in [-0.1, -0.05) is 43.7 Å². The normalized spacial score (nSPS) is 39.0. The van der Waals surface area contributed by atoms with Gasteiger partial charge in [-0.25, -0.2) is 9.59 Å². The van der Waals surface area contributed by atoms with Crippen LogP contribution in [-0.2, 0) is 23.7 Å². The van der Waals surface area contributed by atoms with Crippen molar-refractivity contribution in [2.24, 2.45) is 16.7 Å². The molecule has 9 heteroatoms. The fourth-order valence-electron chi connectivity index (χ4n) is 8.21. The molecular weight excluding hydrogens is 538 g/mol. The first-order valence-electron chi connectivity index (χ1n) is 14.5. The first-order chi connectivity index (χ1) is 19.9.